The summed E-state index contributed by atoms with van der Waals surface area (Å²) in [6.45, 7) is 23.7. The zero-order valence-corrected chi connectivity index (χ0v) is 54.5. The SMILES string of the molecule is CC(=O)N1CCC(C)(N2CCC(Cc3ccc(Br)cc3)CC2)CC1.CC1(N2CCC(Cc3ccc(Br)cc3)CC2)CCNCC1.Cc1onc(-c2ccccc2Cl)c1C(=O)N1CCC(C)(N2CCC(Cc3ccc(Br)cc3)CC2)CC1. The van der Waals surface area contributed by atoms with Crippen molar-refractivity contribution in [3.8, 4) is 11.3 Å². The van der Waals surface area contributed by atoms with Crippen molar-refractivity contribution < 1.29 is 14.1 Å². The van der Waals surface area contributed by atoms with Crippen LogP contribution in [0.4, 0.5) is 0 Å². The topological polar surface area (TPSA) is 88.4 Å². The molecule has 0 aliphatic carbocycles. The molecule has 0 bridgehead atoms. The molecule has 10 nitrogen and oxygen atoms in total. The zero-order chi connectivity index (χ0) is 57.2. The zero-order valence-electron chi connectivity index (χ0n) is 49.0. The first-order valence-electron chi connectivity index (χ1n) is 30.4. The third-order valence-corrected chi connectivity index (χ3v) is 21.7. The monoisotopic (exact) mass is 1310 g/mol. The maximum atomic E-state index is 13.6. The number of aryl methyl sites for hydroxylation is 1. The first-order valence-corrected chi connectivity index (χ1v) is 33.2. The Labute approximate surface area is 515 Å². The van der Waals surface area contributed by atoms with Crippen LogP contribution < -0.4 is 5.32 Å². The average Bonchev–Trinajstić information content (AvgIpc) is 3.89. The molecule has 6 fully saturated rings. The van der Waals surface area contributed by atoms with Gasteiger partial charge in [0.15, 0.2) is 0 Å². The summed E-state index contributed by atoms with van der Waals surface area (Å²) < 4.78 is 8.92. The van der Waals surface area contributed by atoms with E-state index in [1.165, 1.54) is 125 Å². The van der Waals surface area contributed by atoms with E-state index in [0.29, 0.717) is 27.6 Å². The van der Waals surface area contributed by atoms with E-state index in [0.717, 1.165) is 104 Å². The van der Waals surface area contributed by atoms with Gasteiger partial charge in [0.25, 0.3) is 5.91 Å². The van der Waals surface area contributed by atoms with Crippen LogP contribution in [0.5, 0.6) is 0 Å². The second-order valence-electron chi connectivity index (χ2n) is 25.3. The molecule has 0 saturated carbocycles. The Kier molecular flexibility index (Phi) is 22.0. The molecular weight excluding hydrogens is 1230 g/mol. The normalized spacial score (nSPS) is 21.3. The number of rotatable bonds is 11. The van der Waals surface area contributed by atoms with Gasteiger partial charge in [-0.25, -0.2) is 0 Å². The first-order chi connectivity index (χ1) is 39.0. The van der Waals surface area contributed by atoms with E-state index in [9.17, 15) is 9.59 Å². The summed E-state index contributed by atoms with van der Waals surface area (Å²) in [7, 11) is 0. The first kappa shape index (κ1) is 62.1. The Balaban J connectivity index is 0.000000154. The molecule has 14 heteroatoms. The number of carbonyl (C=O) groups is 2. The fourth-order valence-corrected chi connectivity index (χ4v) is 14.9. The number of nitrogens with zero attached hydrogens (tertiary/aromatic N) is 6. The van der Waals surface area contributed by atoms with Gasteiger partial charge in [-0.2, -0.15) is 0 Å². The van der Waals surface area contributed by atoms with Gasteiger partial charge >= 0.3 is 0 Å². The van der Waals surface area contributed by atoms with Crippen LogP contribution in [0.15, 0.2) is 115 Å². The highest BCUT2D eigenvalue weighted by atomic mass is 79.9. The Morgan fingerprint density at radius 1 is 0.543 bits per heavy atom. The van der Waals surface area contributed by atoms with Gasteiger partial charge in [-0.15, -0.1) is 0 Å². The molecule has 6 aliphatic heterocycles. The second kappa shape index (κ2) is 28.7. The molecule has 81 heavy (non-hydrogen) atoms. The minimum absolute atomic E-state index is 0.0149. The molecule has 5 aromatic rings. The highest BCUT2D eigenvalue weighted by Gasteiger charge is 2.41. The molecule has 6 aliphatic rings. The number of benzene rings is 4. The van der Waals surface area contributed by atoms with Gasteiger partial charge in [0.05, 0.1) is 5.02 Å². The maximum Gasteiger partial charge on any atom is 0.259 e. The van der Waals surface area contributed by atoms with Gasteiger partial charge < -0.3 is 19.6 Å². The summed E-state index contributed by atoms with van der Waals surface area (Å²) in [5.41, 5.74) is 7.03. The van der Waals surface area contributed by atoms with E-state index < -0.39 is 0 Å². The lowest BCUT2D eigenvalue weighted by atomic mass is 9.83. The van der Waals surface area contributed by atoms with Crippen LogP contribution in [0.1, 0.15) is 138 Å². The van der Waals surface area contributed by atoms with Gasteiger partial charge in [-0.05, 0) is 253 Å². The van der Waals surface area contributed by atoms with Gasteiger partial charge in [0, 0.05) is 68.7 Å². The Bertz CT molecular complexity index is 2780. The fourth-order valence-electron chi connectivity index (χ4n) is 13.9. The molecule has 7 heterocycles. The number of hydrogen-bond donors (Lipinski definition) is 1. The molecule has 1 N–H and O–H groups in total. The van der Waals surface area contributed by atoms with Crippen molar-refractivity contribution in [2.75, 3.05) is 78.5 Å². The molecule has 6 saturated heterocycles. The van der Waals surface area contributed by atoms with E-state index in [1.807, 2.05) is 34.1 Å². The molecular formula is C67H89Br3ClN7O3. The van der Waals surface area contributed by atoms with E-state index in [-0.39, 0.29) is 22.9 Å². The molecule has 4 aromatic carbocycles. The lowest BCUT2D eigenvalue weighted by Gasteiger charge is -2.49. The molecule has 1 aromatic heterocycles. The summed E-state index contributed by atoms with van der Waals surface area (Å²) in [5.74, 6) is 3.17. The number of carbonyl (C=O) groups excluding carboxylic acids is 2. The van der Waals surface area contributed by atoms with Crippen molar-refractivity contribution in [3.63, 3.8) is 0 Å². The van der Waals surface area contributed by atoms with E-state index in [4.69, 9.17) is 16.1 Å². The summed E-state index contributed by atoms with van der Waals surface area (Å²) >= 11 is 17.0. The summed E-state index contributed by atoms with van der Waals surface area (Å²) in [6, 6.07) is 33.9. The van der Waals surface area contributed by atoms with Crippen LogP contribution in [-0.2, 0) is 24.1 Å². The molecule has 2 amide bonds. The van der Waals surface area contributed by atoms with Crippen LogP contribution in [0, 0.1) is 24.7 Å². The molecule has 0 radical (unpaired) electrons. The number of hydrogen-bond acceptors (Lipinski definition) is 8. The summed E-state index contributed by atoms with van der Waals surface area (Å²) in [4.78, 5) is 37.2. The van der Waals surface area contributed by atoms with E-state index >= 15 is 0 Å². The average molecular weight is 1320 g/mol. The highest BCUT2D eigenvalue weighted by Crippen LogP contribution is 2.38. The van der Waals surface area contributed by atoms with E-state index in [2.05, 4.69) is 167 Å². The molecule has 0 atom stereocenters. The molecule has 0 unspecified atom stereocenters. The van der Waals surface area contributed by atoms with Gasteiger partial charge in [-0.1, -0.05) is 119 Å². The fraction of sp³-hybridized carbons (Fsp3) is 0.567. The minimum atomic E-state index is -0.0149. The summed E-state index contributed by atoms with van der Waals surface area (Å²) in [5, 5.41) is 8.25. The van der Waals surface area contributed by atoms with Crippen LogP contribution in [-0.4, -0.2) is 137 Å². The number of amides is 2. The molecule has 438 valence electrons. The number of aromatic nitrogens is 1. The number of nitrogens with one attached hydrogen (secondary N) is 1. The standard InChI is InChI=1S/C29H33BrClN3O2.C20H29BrN2O.C18H27BrN2/c1-20-26(27(32-36-20)24-5-3-4-6-25(24)31)28(35)33-17-13-29(2,14-18-33)34-15-11-22(12-16-34)19-21-7-9-23(30)10-8-21;1-16(24)22-13-9-20(2,10-14-22)23-11-7-18(8-12-23)15-17-3-5-19(21)6-4-17;1-18(8-10-20-11-9-18)21-12-6-16(7-13-21)14-15-2-4-17(19)5-3-15/h3-10,22H,11-19H2,1-2H3;3-6,18H,7-15H2,1-2H3;2-5,16,20H,6-14H2,1H3. The van der Waals surface area contributed by atoms with Gasteiger partial charge in [-0.3, -0.25) is 24.3 Å². The van der Waals surface area contributed by atoms with Crippen LogP contribution in [0.3, 0.4) is 0 Å². The minimum Gasteiger partial charge on any atom is -0.360 e. The largest absolute Gasteiger partial charge is 0.360 e. The predicted octanol–water partition coefficient (Wildman–Crippen LogP) is 15.0. The Morgan fingerprint density at radius 2 is 0.901 bits per heavy atom. The predicted molar refractivity (Wildman–Crippen MR) is 342 cm³/mol. The third-order valence-electron chi connectivity index (χ3n) is 19.7. The van der Waals surface area contributed by atoms with Crippen LogP contribution in [0.2, 0.25) is 5.02 Å². The highest BCUT2D eigenvalue weighted by molar-refractivity contribution is 9.11. The van der Waals surface area contributed by atoms with Gasteiger partial charge in [0.1, 0.15) is 17.0 Å². The quantitative estimate of drug-likeness (QED) is 0.140. The smallest absolute Gasteiger partial charge is 0.259 e. The van der Waals surface area contributed by atoms with E-state index in [1.54, 1.807) is 13.8 Å². The van der Waals surface area contributed by atoms with Crippen molar-refractivity contribution in [1.82, 2.24) is 35.0 Å². The Hall–Kier alpha value is -3.40. The summed E-state index contributed by atoms with van der Waals surface area (Å²) in [6.07, 6.45) is 18.2. The number of likely N-dealkylation sites (tertiary alicyclic amines) is 5. The molecule has 11 rings (SSSR count). The lowest BCUT2D eigenvalue weighted by Crippen LogP contribution is -2.56. The third kappa shape index (κ3) is 16.5. The number of piperidine rings is 6. The molecule has 0 spiro atoms. The number of halogens is 4. The van der Waals surface area contributed by atoms with Crippen molar-refractivity contribution in [3.05, 3.63) is 144 Å². The van der Waals surface area contributed by atoms with Crippen LogP contribution >= 0.6 is 59.4 Å². The van der Waals surface area contributed by atoms with Crippen molar-refractivity contribution in [2.24, 2.45) is 17.8 Å². The van der Waals surface area contributed by atoms with Crippen molar-refractivity contribution >= 4 is 71.2 Å². The second-order valence-corrected chi connectivity index (χ2v) is 28.4. The van der Waals surface area contributed by atoms with Gasteiger partial charge in [0.2, 0.25) is 5.91 Å². The lowest BCUT2D eigenvalue weighted by molar-refractivity contribution is -0.131. The Morgan fingerprint density at radius 3 is 1.27 bits per heavy atom. The van der Waals surface area contributed by atoms with Crippen molar-refractivity contribution in [1.29, 1.82) is 0 Å². The van der Waals surface area contributed by atoms with Crippen molar-refractivity contribution in [2.45, 2.75) is 148 Å². The van der Waals surface area contributed by atoms with Crippen LogP contribution in [0.25, 0.3) is 11.3 Å². The maximum absolute atomic E-state index is 13.6.